The molecule has 1 nitrogen and oxygen atoms in total. The van der Waals surface area contributed by atoms with Crippen molar-refractivity contribution in [2.75, 3.05) is 0 Å². The van der Waals surface area contributed by atoms with Gasteiger partial charge in [-0.3, -0.25) is 4.99 Å². The largest absolute Gasteiger partial charge is 0.272 e. The summed E-state index contributed by atoms with van der Waals surface area (Å²) in [5, 5.41) is 0. The molecule has 0 aliphatic carbocycles. The molecule has 0 heterocycles. The number of allylic oxidation sites excluding steroid dienone is 3. The molecule has 0 saturated carbocycles. The van der Waals surface area contributed by atoms with Crippen LogP contribution in [0.15, 0.2) is 28.9 Å². The van der Waals surface area contributed by atoms with Crippen molar-refractivity contribution in [3.8, 4) is 0 Å². The molecule has 0 aromatic carbocycles. The minimum atomic E-state index is 0.160. The number of hydrogen-bond acceptors (Lipinski definition) is 1. The maximum absolute atomic E-state index is 3.76. The quantitative estimate of drug-likeness (QED) is 0.424. The summed E-state index contributed by atoms with van der Waals surface area (Å²) in [4.78, 5) is 3.76. The van der Waals surface area contributed by atoms with Crippen molar-refractivity contribution in [1.29, 1.82) is 0 Å². The Balaban J connectivity index is 4.61. The molecule has 0 aliphatic heterocycles. The molecule has 0 spiro atoms. The zero-order valence-corrected chi connectivity index (χ0v) is 7.89. The lowest BCUT2D eigenvalue weighted by molar-refractivity contribution is 0.516. The highest BCUT2D eigenvalue weighted by Gasteiger charge is 2.13. The van der Waals surface area contributed by atoms with Gasteiger partial charge in [-0.05, 0) is 24.6 Å². The fraction of sp³-hybridized carbons (Fsp3) is 0.500. The van der Waals surface area contributed by atoms with Crippen molar-refractivity contribution in [1.82, 2.24) is 0 Å². The Labute approximate surface area is 69.5 Å². The number of nitrogens with zero attached hydrogens (tertiary/aromatic N) is 1. The van der Waals surface area contributed by atoms with E-state index in [1.807, 2.05) is 13.0 Å². The van der Waals surface area contributed by atoms with E-state index in [0.29, 0.717) is 0 Å². The second-order valence-electron chi connectivity index (χ2n) is 3.52. The van der Waals surface area contributed by atoms with Crippen LogP contribution in [0.2, 0.25) is 0 Å². The third-order valence-corrected chi connectivity index (χ3v) is 1.44. The summed E-state index contributed by atoms with van der Waals surface area (Å²) >= 11 is 0. The summed E-state index contributed by atoms with van der Waals surface area (Å²) in [5.74, 6) is 0. The van der Waals surface area contributed by atoms with E-state index < -0.39 is 0 Å². The first-order valence-corrected chi connectivity index (χ1v) is 3.81. The maximum atomic E-state index is 3.76. The van der Waals surface area contributed by atoms with Crippen molar-refractivity contribution in [3.05, 3.63) is 23.9 Å². The standard InChI is InChI=1S/C10H17N/c1-6-7-9(8-11-5)10(2,3)4/h6-8H,5H2,1-4H3/b7-6-,9-8+. The lowest BCUT2D eigenvalue weighted by atomic mass is 9.87. The number of aliphatic imine (C=N–C) groups is 1. The molecule has 1 heteroatoms. The Morgan fingerprint density at radius 1 is 1.36 bits per heavy atom. The highest BCUT2D eigenvalue weighted by atomic mass is 14.6. The molecule has 0 aromatic heterocycles. The van der Waals surface area contributed by atoms with Gasteiger partial charge in [-0.1, -0.05) is 32.9 Å². The van der Waals surface area contributed by atoms with Gasteiger partial charge in [0.15, 0.2) is 0 Å². The van der Waals surface area contributed by atoms with Crippen LogP contribution in [-0.2, 0) is 0 Å². The minimum Gasteiger partial charge on any atom is -0.272 e. The molecule has 62 valence electrons. The van der Waals surface area contributed by atoms with Crippen molar-refractivity contribution in [2.24, 2.45) is 10.4 Å². The highest BCUT2D eigenvalue weighted by Crippen LogP contribution is 2.25. The molecule has 0 atom stereocenters. The van der Waals surface area contributed by atoms with Gasteiger partial charge >= 0.3 is 0 Å². The second-order valence-corrected chi connectivity index (χ2v) is 3.52. The Kier molecular flexibility index (Phi) is 3.80. The predicted octanol–water partition coefficient (Wildman–Crippen LogP) is 3.19. The van der Waals surface area contributed by atoms with E-state index in [4.69, 9.17) is 0 Å². The lowest BCUT2D eigenvalue weighted by Gasteiger charge is -2.19. The van der Waals surface area contributed by atoms with Gasteiger partial charge in [-0.15, -0.1) is 0 Å². The van der Waals surface area contributed by atoms with Gasteiger partial charge < -0.3 is 0 Å². The Morgan fingerprint density at radius 2 is 1.91 bits per heavy atom. The average Bonchev–Trinajstić information content (AvgIpc) is 1.85. The summed E-state index contributed by atoms with van der Waals surface area (Å²) < 4.78 is 0. The van der Waals surface area contributed by atoms with E-state index in [1.54, 1.807) is 6.20 Å². The van der Waals surface area contributed by atoms with E-state index in [0.717, 1.165) is 0 Å². The third-order valence-electron chi connectivity index (χ3n) is 1.44. The van der Waals surface area contributed by atoms with Crippen LogP contribution in [0.5, 0.6) is 0 Å². The lowest BCUT2D eigenvalue weighted by Crippen LogP contribution is -2.06. The normalized spacial score (nSPS) is 14.0. The van der Waals surface area contributed by atoms with Gasteiger partial charge in [-0.25, -0.2) is 0 Å². The molecular formula is C10H17N. The van der Waals surface area contributed by atoms with Crippen LogP contribution < -0.4 is 0 Å². The molecule has 0 rings (SSSR count). The van der Waals surface area contributed by atoms with Crippen LogP contribution in [0.1, 0.15) is 27.7 Å². The van der Waals surface area contributed by atoms with E-state index in [9.17, 15) is 0 Å². The zero-order valence-electron chi connectivity index (χ0n) is 7.89. The molecule has 0 unspecified atom stereocenters. The SMILES string of the molecule is C=N/C=C(\C=C/C)C(C)(C)C. The summed E-state index contributed by atoms with van der Waals surface area (Å²) in [6.07, 6.45) is 5.89. The molecule has 0 fully saturated rings. The smallest absolute Gasteiger partial charge is 0.0297 e. The van der Waals surface area contributed by atoms with Crippen molar-refractivity contribution < 1.29 is 0 Å². The first-order valence-electron chi connectivity index (χ1n) is 3.81. The van der Waals surface area contributed by atoms with E-state index in [-0.39, 0.29) is 5.41 Å². The monoisotopic (exact) mass is 151 g/mol. The Bertz CT molecular complexity index is 180. The van der Waals surface area contributed by atoms with Gasteiger partial charge in [0.2, 0.25) is 0 Å². The number of hydrogen-bond donors (Lipinski definition) is 0. The van der Waals surface area contributed by atoms with E-state index in [1.165, 1.54) is 5.57 Å². The molecular weight excluding hydrogens is 134 g/mol. The Hall–Kier alpha value is -0.850. The van der Waals surface area contributed by atoms with Crippen LogP contribution in [0.3, 0.4) is 0 Å². The van der Waals surface area contributed by atoms with Gasteiger partial charge in [0.1, 0.15) is 0 Å². The van der Waals surface area contributed by atoms with Crippen molar-refractivity contribution in [3.63, 3.8) is 0 Å². The summed E-state index contributed by atoms with van der Waals surface area (Å²) in [6.45, 7) is 11.9. The van der Waals surface area contributed by atoms with Gasteiger partial charge in [-0.2, -0.15) is 0 Å². The summed E-state index contributed by atoms with van der Waals surface area (Å²) in [5.41, 5.74) is 1.36. The van der Waals surface area contributed by atoms with Crippen LogP contribution >= 0.6 is 0 Å². The van der Waals surface area contributed by atoms with Crippen molar-refractivity contribution >= 4 is 6.72 Å². The Morgan fingerprint density at radius 3 is 2.18 bits per heavy atom. The average molecular weight is 151 g/mol. The topological polar surface area (TPSA) is 12.4 Å². The molecule has 0 amide bonds. The first kappa shape index (κ1) is 10.2. The van der Waals surface area contributed by atoms with Crippen LogP contribution in [-0.4, -0.2) is 6.72 Å². The fourth-order valence-electron chi connectivity index (χ4n) is 0.765. The second kappa shape index (κ2) is 4.12. The summed E-state index contributed by atoms with van der Waals surface area (Å²) in [7, 11) is 0. The minimum absolute atomic E-state index is 0.160. The van der Waals surface area contributed by atoms with Crippen LogP contribution in [0.4, 0.5) is 0 Å². The molecule has 0 N–H and O–H groups in total. The maximum Gasteiger partial charge on any atom is 0.0297 e. The van der Waals surface area contributed by atoms with Crippen molar-refractivity contribution in [2.45, 2.75) is 27.7 Å². The fourth-order valence-corrected chi connectivity index (χ4v) is 0.765. The van der Waals surface area contributed by atoms with Gasteiger partial charge in [0.05, 0.1) is 0 Å². The molecule has 0 radical (unpaired) electrons. The van der Waals surface area contributed by atoms with E-state index in [2.05, 4.69) is 38.6 Å². The van der Waals surface area contributed by atoms with Gasteiger partial charge in [0, 0.05) is 6.20 Å². The predicted molar refractivity (Wildman–Crippen MR) is 51.9 cm³/mol. The molecule has 0 bridgehead atoms. The number of rotatable bonds is 2. The highest BCUT2D eigenvalue weighted by molar-refractivity contribution is 5.31. The van der Waals surface area contributed by atoms with E-state index >= 15 is 0 Å². The molecule has 11 heavy (non-hydrogen) atoms. The third kappa shape index (κ3) is 3.76. The van der Waals surface area contributed by atoms with Gasteiger partial charge in [0.25, 0.3) is 0 Å². The zero-order chi connectivity index (χ0) is 8.91. The van der Waals surface area contributed by atoms with Crippen LogP contribution in [0, 0.1) is 5.41 Å². The summed E-state index contributed by atoms with van der Waals surface area (Å²) in [6, 6.07) is 0. The molecule has 0 aromatic rings. The van der Waals surface area contributed by atoms with Crippen LogP contribution in [0.25, 0.3) is 0 Å². The molecule has 0 aliphatic rings. The first-order chi connectivity index (χ1) is 5.02. The molecule has 0 saturated heterocycles.